The number of aromatic hydroxyl groups is 1. The molecule has 1 aromatic rings. The van der Waals surface area contributed by atoms with Gasteiger partial charge in [-0.05, 0) is 19.9 Å². The molecule has 0 aliphatic heterocycles. The Labute approximate surface area is 76.4 Å². The van der Waals surface area contributed by atoms with E-state index in [0.717, 1.165) is 9.75 Å². The zero-order chi connectivity index (χ0) is 8.97. The van der Waals surface area contributed by atoms with Gasteiger partial charge >= 0.3 is 0 Å². The van der Waals surface area contributed by atoms with Gasteiger partial charge in [0.05, 0.1) is 9.75 Å². The predicted molar refractivity (Wildman–Crippen MR) is 53.2 cm³/mol. The van der Waals surface area contributed by atoms with E-state index < -0.39 is 0 Å². The molecule has 0 radical (unpaired) electrons. The predicted octanol–water partition coefficient (Wildman–Crippen LogP) is 2.86. The highest BCUT2D eigenvalue weighted by Gasteiger charge is 2.01. The fourth-order valence-corrected chi connectivity index (χ4v) is 1.78. The van der Waals surface area contributed by atoms with Crippen molar-refractivity contribution < 1.29 is 5.11 Å². The number of hydrogen-bond donors (Lipinski definition) is 1. The number of thiophene rings is 1. The van der Waals surface area contributed by atoms with Crippen molar-refractivity contribution in [2.75, 3.05) is 0 Å². The second-order valence-corrected chi connectivity index (χ2v) is 3.32. The van der Waals surface area contributed by atoms with Crippen LogP contribution in [-0.2, 0) is 0 Å². The standard InChI is InChI=1S/C10H10OS/c1-3-5-8-7-9(11)10(12-8)6-4-2/h4,6-7,11H,1-2H3. The third-order valence-electron chi connectivity index (χ3n) is 1.31. The van der Waals surface area contributed by atoms with Crippen molar-refractivity contribution in [1.82, 2.24) is 0 Å². The van der Waals surface area contributed by atoms with Crippen molar-refractivity contribution in [1.29, 1.82) is 0 Å². The van der Waals surface area contributed by atoms with Crippen LogP contribution >= 0.6 is 11.3 Å². The highest BCUT2D eigenvalue weighted by Crippen LogP contribution is 2.28. The van der Waals surface area contributed by atoms with Crippen LogP contribution in [0.4, 0.5) is 0 Å². The first kappa shape index (κ1) is 8.89. The highest BCUT2D eigenvalue weighted by atomic mass is 32.1. The van der Waals surface area contributed by atoms with Crippen molar-refractivity contribution in [2.24, 2.45) is 0 Å². The maximum Gasteiger partial charge on any atom is 0.134 e. The zero-order valence-corrected chi connectivity index (χ0v) is 7.90. The summed E-state index contributed by atoms with van der Waals surface area (Å²) in [6.45, 7) is 3.70. The summed E-state index contributed by atoms with van der Waals surface area (Å²) in [6, 6.07) is 1.69. The van der Waals surface area contributed by atoms with E-state index in [9.17, 15) is 5.11 Å². The summed E-state index contributed by atoms with van der Waals surface area (Å²) in [5.41, 5.74) is 0. The fourth-order valence-electron chi connectivity index (χ4n) is 0.851. The monoisotopic (exact) mass is 178 g/mol. The van der Waals surface area contributed by atoms with Crippen LogP contribution in [0.15, 0.2) is 12.1 Å². The molecule has 0 saturated carbocycles. The van der Waals surface area contributed by atoms with Gasteiger partial charge in [-0.15, -0.1) is 17.3 Å². The summed E-state index contributed by atoms with van der Waals surface area (Å²) in [5.74, 6) is 6.01. The van der Waals surface area contributed by atoms with Crippen LogP contribution < -0.4 is 0 Å². The molecule has 0 fully saturated rings. The molecular weight excluding hydrogens is 168 g/mol. The summed E-state index contributed by atoms with van der Waals surface area (Å²) in [7, 11) is 0. The van der Waals surface area contributed by atoms with E-state index in [0.29, 0.717) is 5.75 Å². The van der Waals surface area contributed by atoms with E-state index >= 15 is 0 Å². The minimum absolute atomic E-state index is 0.316. The minimum atomic E-state index is 0.316. The largest absolute Gasteiger partial charge is 0.506 e. The van der Waals surface area contributed by atoms with Gasteiger partial charge in [0.25, 0.3) is 0 Å². The summed E-state index contributed by atoms with van der Waals surface area (Å²) in [6.07, 6.45) is 3.77. The quantitative estimate of drug-likeness (QED) is 0.655. The fraction of sp³-hybridized carbons (Fsp3) is 0.200. The molecule has 0 unspecified atom stereocenters. The average molecular weight is 178 g/mol. The maximum absolute atomic E-state index is 9.38. The molecule has 1 rings (SSSR count). The summed E-state index contributed by atoms with van der Waals surface area (Å²) >= 11 is 1.50. The minimum Gasteiger partial charge on any atom is -0.506 e. The van der Waals surface area contributed by atoms with E-state index in [1.54, 1.807) is 13.0 Å². The molecule has 0 atom stereocenters. The molecule has 1 nitrogen and oxygen atoms in total. The van der Waals surface area contributed by atoms with Crippen LogP contribution in [0, 0.1) is 11.8 Å². The molecule has 62 valence electrons. The highest BCUT2D eigenvalue weighted by molar-refractivity contribution is 7.13. The Morgan fingerprint density at radius 2 is 2.33 bits per heavy atom. The number of allylic oxidation sites excluding steroid dienone is 1. The molecule has 12 heavy (non-hydrogen) atoms. The van der Waals surface area contributed by atoms with Gasteiger partial charge < -0.3 is 5.11 Å². The van der Waals surface area contributed by atoms with Crippen molar-refractivity contribution in [3.63, 3.8) is 0 Å². The first-order valence-electron chi connectivity index (χ1n) is 3.66. The topological polar surface area (TPSA) is 20.2 Å². The lowest BCUT2D eigenvalue weighted by Gasteiger charge is -1.83. The van der Waals surface area contributed by atoms with Gasteiger partial charge in [0.1, 0.15) is 5.75 Å². The lowest BCUT2D eigenvalue weighted by molar-refractivity contribution is 0.476. The van der Waals surface area contributed by atoms with Gasteiger partial charge in [0, 0.05) is 6.07 Å². The molecule has 1 aromatic heterocycles. The molecule has 0 bridgehead atoms. The SMILES string of the molecule is CC#Cc1cc(O)c(C=CC)s1. The molecule has 0 amide bonds. The second kappa shape index (κ2) is 3.99. The molecule has 0 saturated heterocycles. The third kappa shape index (κ3) is 1.90. The molecule has 1 N–H and O–H groups in total. The maximum atomic E-state index is 9.38. The Hall–Kier alpha value is -1.20. The second-order valence-electron chi connectivity index (χ2n) is 2.24. The molecular formula is C10H10OS. The lowest BCUT2D eigenvalue weighted by Crippen LogP contribution is -1.58. The summed E-state index contributed by atoms with van der Waals surface area (Å²) in [4.78, 5) is 1.78. The summed E-state index contributed by atoms with van der Waals surface area (Å²) < 4.78 is 0. The van der Waals surface area contributed by atoms with Crippen molar-refractivity contribution in [3.05, 3.63) is 21.9 Å². The Morgan fingerprint density at radius 3 is 2.92 bits per heavy atom. The lowest BCUT2D eigenvalue weighted by atomic mass is 10.3. The van der Waals surface area contributed by atoms with Crippen LogP contribution in [0.2, 0.25) is 0 Å². The van der Waals surface area contributed by atoms with Crippen LogP contribution in [0.25, 0.3) is 6.08 Å². The molecule has 0 aromatic carbocycles. The smallest absolute Gasteiger partial charge is 0.134 e. The van der Waals surface area contributed by atoms with Gasteiger partial charge in [0.2, 0.25) is 0 Å². The third-order valence-corrected chi connectivity index (χ3v) is 2.31. The molecule has 1 heterocycles. The van der Waals surface area contributed by atoms with Crippen molar-refractivity contribution >= 4 is 17.4 Å². The molecule has 0 spiro atoms. The van der Waals surface area contributed by atoms with Crippen molar-refractivity contribution in [3.8, 4) is 17.6 Å². The van der Waals surface area contributed by atoms with Crippen LogP contribution in [0.1, 0.15) is 23.6 Å². The average Bonchev–Trinajstić information content (AvgIpc) is 2.34. The van der Waals surface area contributed by atoms with E-state index in [1.807, 2.05) is 19.1 Å². The van der Waals surface area contributed by atoms with Crippen molar-refractivity contribution in [2.45, 2.75) is 13.8 Å². The van der Waals surface area contributed by atoms with E-state index in [4.69, 9.17) is 0 Å². The van der Waals surface area contributed by atoms with E-state index in [2.05, 4.69) is 11.8 Å². The Balaban J connectivity index is 3.05. The van der Waals surface area contributed by atoms with Crippen LogP contribution in [-0.4, -0.2) is 5.11 Å². The molecule has 2 heteroatoms. The van der Waals surface area contributed by atoms with Crippen LogP contribution in [0.3, 0.4) is 0 Å². The number of rotatable bonds is 1. The Morgan fingerprint density at radius 1 is 1.58 bits per heavy atom. The van der Waals surface area contributed by atoms with Gasteiger partial charge in [-0.2, -0.15) is 0 Å². The number of hydrogen-bond acceptors (Lipinski definition) is 2. The zero-order valence-electron chi connectivity index (χ0n) is 7.09. The van der Waals surface area contributed by atoms with Gasteiger partial charge in [-0.3, -0.25) is 0 Å². The Bertz CT molecular complexity index is 350. The van der Waals surface area contributed by atoms with Gasteiger partial charge in [-0.25, -0.2) is 0 Å². The molecule has 0 aliphatic carbocycles. The van der Waals surface area contributed by atoms with Gasteiger partial charge in [0.15, 0.2) is 0 Å². The van der Waals surface area contributed by atoms with Gasteiger partial charge in [-0.1, -0.05) is 12.0 Å². The first-order valence-corrected chi connectivity index (χ1v) is 4.48. The van der Waals surface area contributed by atoms with E-state index in [1.165, 1.54) is 11.3 Å². The Kier molecular flexibility index (Phi) is 2.95. The normalized spacial score (nSPS) is 9.83. The van der Waals surface area contributed by atoms with Crippen LogP contribution in [0.5, 0.6) is 5.75 Å². The summed E-state index contributed by atoms with van der Waals surface area (Å²) in [5, 5.41) is 9.38. The first-order chi connectivity index (χ1) is 5.77. The van der Waals surface area contributed by atoms with E-state index in [-0.39, 0.29) is 0 Å². The molecule has 0 aliphatic rings.